The van der Waals surface area contributed by atoms with Crippen LogP contribution < -0.4 is 0 Å². The fourth-order valence-electron chi connectivity index (χ4n) is 1.18. The third-order valence-corrected chi connectivity index (χ3v) is 6.44. The predicted molar refractivity (Wildman–Crippen MR) is 79.0 cm³/mol. The lowest BCUT2D eigenvalue weighted by Crippen LogP contribution is -2.23. The smallest absolute Gasteiger partial charge is 0.634 e. The van der Waals surface area contributed by atoms with E-state index in [2.05, 4.69) is 45.7 Å². The summed E-state index contributed by atoms with van der Waals surface area (Å²) in [6.45, 7) is 13.5. The van der Waals surface area contributed by atoms with Gasteiger partial charge < -0.3 is 3.79 Å². The molecule has 4 heteroatoms. The Labute approximate surface area is 115 Å². The van der Waals surface area contributed by atoms with Gasteiger partial charge in [-0.05, 0) is 30.1 Å². The minimum atomic E-state index is -1.71. The Kier molecular flexibility index (Phi) is 8.21. The van der Waals surface area contributed by atoms with Crippen LogP contribution >= 0.6 is 10.0 Å². The maximum Gasteiger partial charge on any atom is 0.685 e. The minimum absolute atomic E-state index is 0.0735. The molecule has 0 rings (SSSR count). The summed E-state index contributed by atoms with van der Waals surface area (Å²) in [5.74, 6) is 0.973. The molecule has 0 fully saturated rings. The number of aliphatic imine (C=N–C) groups is 1. The van der Waals surface area contributed by atoms with Crippen molar-refractivity contribution in [1.29, 1.82) is 0 Å². The third-order valence-electron chi connectivity index (χ3n) is 2.34. The molecule has 0 aromatic rings. The van der Waals surface area contributed by atoms with Crippen molar-refractivity contribution >= 4 is 29.3 Å². The summed E-state index contributed by atoms with van der Waals surface area (Å²) in [5, 5.41) is 0. The van der Waals surface area contributed by atoms with E-state index in [-0.39, 0.29) is 4.28 Å². The summed E-state index contributed by atoms with van der Waals surface area (Å²) in [6, 6.07) is 0. The normalized spacial score (nSPS) is 13.8. The van der Waals surface area contributed by atoms with Crippen molar-refractivity contribution in [2.75, 3.05) is 6.54 Å². The number of halogens is 1. The van der Waals surface area contributed by atoms with Gasteiger partial charge in [0, 0.05) is 12.3 Å². The minimum Gasteiger partial charge on any atom is -0.634 e. The van der Waals surface area contributed by atoms with Gasteiger partial charge in [-0.1, -0.05) is 34.6 Å². The standard InChI is InChI=1S/C9H17NO.C4H9.Al.ClH/c1-4-8(10-6-3)7-9(11)5-2;1-4(2)3;;/h7,11H,4-6H2,1-3H3;1-3H3;;1H/q;;+2;/p-2/b9-7-,10-8?;;;. The molecular formula is C13H25AlClNO. The van der Waals surface area contributed by atoms with Gasteiger partial charge >= 0.3 is 13.6 Å². The summed E-state index contributed by atoms with van der Waals surface area (Å²) < 4.78 is 6.00. The molecule has 0 saturated carbocycles. The van der Waals surface area contributed by atoms with Crippen LogP contribution in [0.25, 0.3) is 0 Å². The van der Waals surface area contributed by atoms with Crippen LogP contribution in [0.3, 0.4) is 0 Å². The molecule has 0 aliphatic carbocycles. The highest BCUT2D eigenvalue weighted by molar-refractivity contribution is 7.04. The maximum atomic E-state index is 6.37. The summed E-state index contributed by atoms with van der Waals surface area (Å²) >= 11 is -1.71. The van der Waals surface area contributed by atoms with E-state index >= 15 is 0 Å². The molecule has 0 radical (unpaired) electrons. The van der Waals surface area contributed by atoms with Crippen LogP contribution in [0.15, 0.2) is 16.8 Å². The van der Waals surface area contributed by atoms with Gasteiger partial charge in [-0.25, -0.2) is 10.0 Å². The van der Waals surface area contributed by atoms with Crippen LogP contribution in [-0.2, 0) is 3.79 Å². The highest BCUT2D eigenvalue weighted by atomic mass is 35.6. The average Bonchev–Trinajstić information content (AvgIpc) is 2.25. The zero-order chi connectivity index (χ0) is 13.5. The maximum absolute atomic E-state index is 6.37. The molecule has 0 aromatic carbocycles. The highest BCUT2D eigenvalue weighted by Crippen LogP contribution is 2.31. The van der Waals surface area contributed by atoms with Crippen LogP contribution in [0.4, 0.5) is 0 Å². The quantitative estimate of drug-likeness (QED) is 0.391. The third kappa shape index (κ3) is 7.14. The first-order chi connectivity index (χ1) is 7.85. The molecule has 98 valence electrons. The van der Waals surface area contributed by atoms with E-state index in [1.165, 1.54) is 0 Å². The van der Waals surface area contributed by atoms with Gasteiger partial charge in [0.1, 0.15) is 0 Å². The summed E-state index contributed by atoms with van der Waals surface area (Å²) in [4.78, 5) is 4.43. The summed E-state index contributed by atoms with van der Waals surface area (Å²) in [5.41, 5.74) is 1.09. The van der Waals surface area contributed by atoms with Gasteiger partial charge in [-0.15, -0.1) is 0 Å². The molecule has 2 nitrogen and oxygen atoms in total. The number of allylic oxidation sites excluding steroid dienone is 2. The zero-order valence-electron chi connectivity index (χ0n) is 12.0. The lowest BCUT2D eigenvalue weighted by molar-refractivity contribution is 0.404. The highest BCUT2D eigenvalue weighted by Gasteiger charge is 2.37. The van der Waals surface area contributed by atoms with Gasteiger partial charge in [-0.2, -0.15) is 0 Å². The van der Waals surface area contributed by atoms with E-state index < -0.39 is 13.6 Å². The van der Waals surface area contributed by atoms with Crippen LogP contribution in [0.5, 0.6) is 0 Å². The second-order valence-corrected chi connectivity index (χ2v) is 8.87. The van der Waals surface area contributed by atoms with Gasteiger partial charge in [0.2, 0.25) is 0 Å². The van der Waals surface area contributed by atoms with Crippen LogP contribution in [0, 0.1) is 0 Å². The van der Waals surface area contributed by atoms with Crippen LogP contribution in [0.2, 0.25) is 4.28 Å². The topological polar surface area (TPSA) is 21.6 Å². The van der Waals surface area contributed by atoms with Gasteiger partial charge in [-0.3, -0.25) is 4.99 Å². The lowest BCUT2D eigenvalue weighted by Gasteiger charge is -2.22. The van der Waals surface area contributed by atoms with Gasteiger partial charge in [0.25, 0.3) is 0 Å². The molecule has 0 bridgehead atoms. The number of nitrogens with zero attached hydrogens (tertiary/aromatic N) is 1. The van der Waals surface area contributed by atoms with E-state index in [9.17, 15) is 0 Å². The van der Waals surface area contributed by atoms with Crippen molar-refractivity contribution in [2.45, 2.75) is 58.7 Å². The van der Waals surface area contributed by atoms with E-state index in [4.69, 9.17) is 13.8 Å². The molecule has 0 saturated heterocycles. The SMILES string of the molecule is CCN=C(/C=C(/CC)[O][Al]([Cl])[C](C)(C)C)CC. The van der Waals surface area contributed by atoms with Crippen LogP contribution in [-0.4, -0.2) is 25.8 Å². The van der Waals surface area contributed by atoms with Crippen molar-refractivity contribution < 1.29 is 3.79 Å². The molecule has 0 atom stereocenters. The molecule has 0 amide bonds. The molecule has 0 heterocycles. The fraction of sp³-hybridized carbons (Fsp3) is 0.769. The Hall–Kier alpha value is 0.0325. The molecule has 0 N–H and O–H groups in total. The zero-order valence-corrected chi connectivity index (χ0v) is 13.9. The first kappa shape index (κ1) is 17.0. The van der Waals surface area contributed by atoms with Crippen molar-refractivity contribution in [3.05, 3.63) is 11.8 Å². The molecule has 0 spiro atoms. The van der Waals surface area contributed by atoms with E-state index in [0.717, 1.165) is 30.9 Å². The Morgan fingerprint density at radius 2 is 1.82 bits per heavy atom. The fourth-order valence-corrected chi connectivity index (χ4v) is 2.37. The van der Waals surface area contributed by atoms with Crippen molar-refractivity contribution in [2.24, 2.45) is 4.99 Å². The Bertz CT molecular complexity index is 282. The summed E-state index contributed by atoms with van der Waals surface area (Å²) in [7, 11) is 6.37. The Morgan fingerprint density at radius 3 is 2.18 bits per heavy atom. The monoisotopic (exact) mass is 273 g/mol. The lowest BCUT2D eigenvalue weighted by atomic mass is 10.2. The van der Waals surface area contributed by atoms with Gasteiger partial charge in [0.05, 0.1) is 5.76 Å². The second kappa shape index (κ2) is 8.19. The second-order valence-electron chi connectivity index (χ2n) is 5.08. The Balaban J connectivity index is 4.73. The van der Waals surface area contributed by atoms with Crippen LogP contribution in [0.1, 0.15) is 54.4 Å². The molecular weight excluding hydrogens is 249 g/mol. The first-order valence-corrected chi connectivity index (χ1v) is 9.19. The first-order valence-electron chi connectivity index (χ1n) is 6.39. The largest absolute Gasteiger partial charge is 0.685 e. The van der Waals surface area contributed by atoms with Crippen molar-refractivity contribution in [1.82, 2.24) is 0 Å². The molecule has 0 aliphatic rings. The molecule has 0 unspecified atom stereocenters. The Morgan fingerprint density at radius 1 is 1.24 bits per heavy atom. The predicted octanol–water partition coefficient (Wildman–Crippen LogP) is 4.69. The number of rotatable bonds is 6. The van der Waals surface area contributed by atoms with Gasteiger partial charge in [0.15, 0.2) is 0 Å². The molecule has 0 aromatic heterocycles. The van der Waals surface area contributed by atoms with Crippen molar-refractivity contribution in [3.63, 3.8) is 0 Å². The number of hydrogen-bond acceptors (Lipinski definition) is 2. The average molecular weight is 274 g/mol. The summed E-state index contributed by atoms with van der Waals surface area (Å²) in [6.07, 6.45) is 3.86. The van der Waals surface area contributed by atoms with E-state index in [0.29, 0.717) is 0 Å². The number of hydrogen-bond donors (Lipinski definition) is 0. The van der Waals surface area contributed by atoms with E-state index in [1.54, 1.807) is 0 Å². The molecule has 17 heavy (non-hydrogen) atoms. The molecule has 0 aliphatic heterocycles. The van der Waals surface area contributed by atoms with E-state index in [1.807, 2.05) is 6.92 Å². The van der Waals surface area contributed by atoms with Crippen molar-refractivity contribution in [3.8, 4) is 0 Å².